The first-order chi connectivity index (χ1) is 19.5. The second-order valence-corrected chi connectivity index (χ2v) is 12.6. The zero-order valence-corrected chi connectivity index (χ0v) is 26.2. The van der Waals surface area contributed by atoms with Crippen LogP contribution in [0.5, 0.6) is 0 Å². The van der Waals surface area contributed by atoms with Crippen molar-refractivity contribution in [2.24, 2.45) is 0 Å². The lowest BCUT2D eigenvalue weighted by atomic mass is 10.1. The summed E-state index contributed by atoms with van der Waals surface area (Å²) in [4.78, 5) is 28.9. The maximum atomic E-state index is 14.2. The monoisotopic (exact) mass is 617 g/mol. The number of amides is 2. The Bertz CT molecular complexity index is 1460. The fraction of sp³-hybridized carbons (Fsp3) is 0.355. The average molecular weight is 619 g/mol. The first-order valence-electron chi connectivity index (χ1n) is 13.7. The summed E-state index contributed by atoms with van der Waals surface area (Å²) < 4.78 is 29.1. The number of halogens is 2. The summed E-state index contributed by atoms with van der Waals surface area (Å²) in [6, 6.07) is 17.5. The van der Waals surface area contributed by atoms with E-state index in [0.717, 1.165) is 22.7 Å². The summed E-state index contributed by atoms with van der Waals surface area (Å²) in [6.45, 7) is 7.44. The van der Waals surface area contributed by atoms with Gasteiger partial charge in [-0.15, -0.1) is 0 Å². The quantitative estimate of drug-likeness (QED) is 0.221. The Labute approximate surface area is 253 Å². The average Bonchev–Trinajstić information content (AvgIpc) is 2.93. The number of carbonyl (C=O) groups excluding carboxylic acids is 2. The summed E-state index contributed by atoms with van der Waals surface area (Å²) in [5, 5.41) is 3.81. The van der Waals surface area contributed by atoms with Crippen LogP contribution in [0.2, 0.25) is 10.0 Å². The summed E-state index contributed by atoms with van der Waals surface area (Å²) in [6.07, 6.45) is 2.05. The highest BCUT2D eigenvalue weighted by atomic mass is 35.5. The molecule has 0 aliphatic carbocycles. The zero-order chi connectivity index (χ0) is 30.2. The van der Waals surface area contributed by atoms with Gasteiger partial charge in [0.1, 0.15) is 12.6 Å². The predicted molar refractivity (Wildman–Crippen MR) is 166 cm³/mol. The van der Waals surface area contributed by atoms with Crippen LogP contribution in [0.25, 0.3) is 0 Å². The largest absolute Gasteiger partial charge is 0.354 e. The van der Waals surface area contributed by atoms with Crippen molar-refractivity contribution < 1.29 is 18.0 Å². The van der Waals surface area contributed by atoms with Crippen LogP contribution in [-0.4, -0.2) is 44.3 Å². The molecule has 1 N–H and O–H groups in total. The number of nitrogens with zero attached hydrogens (tertiary/aromatic N) is 2. The lowest BCUT2D eigenvalue weighted by Gasteiger charge is -2.33. The minimum atomic E-state index is -4.17. The second kappa shape index (κ2) is 14.7. The van der Waals surface area contributed by atoms with Gasteiger partial charge in [0.25, 0.3) is 10.0 Å². The van der Waals surface area contributed by atoms with Crippen LogP contribution in [0, 0.1) is 13.8 Å². The molecule has 0 aromatic heterocycles. The molecule has 0 spiro atoms. The third kappa shape index (κ3) is 8.24. The lowest BCUT2D eigenvalue weighted by Crippen LogP contribution is -2.52. The van der Waals surface area contributed by atoms with Crippen molar-refractivity contribution in [2.45, 2.75) is 64.4 Å². The van der Waals surface area contributed by atoms with E-state index in [4.69, 9.17) is 23.2 Å². The number of hydrogen-bond donors (Lipinski definition) is 1. The Hall–Kier alpha value is -3.07. The Balaban J connectivity index is 2.08. The van der Waals surface area contributed by atoms with Gasteiger partial charge < -0.3 is 10.2 Å². The van der Waals surface area contributed by atoms with Crippen LogP contribution >= 0.6 is 23.2 Å². The molecule has 0 aliphatic rings. The predicted octanol–water partition coefficient (Wildman–Crippen LogP) is 6.53. The topological polar surface area (TPSA) is 86.8 Å². The van der Waals surface area contributed by atoms with E-state index in [1.165, 1.54) is 17.0 Å². The van der Waals surface area contributed by atoms with Crippen molar-refractivity contribution in [1.82, 2.24) is 10.2 Å². The van der Waals surface area contributed by atoms with Crippen LogP contribution in [0.3, 0.4) is 0 Å². The van der Waals surface area contributed by atoms with E-state index in [0.29, 0.717) is 39.8 Å². The standard InChI is InChI=1S/C31H37Cl2N3O4S/c1-5-7-18-34-31(38)28(6-2)35(20-24-10-8-9-11-27(24)33)30(37)21-36(29-17-14-25(32)19-23(29)4)41(39,40)26-15-12-22(3)13-16-26/h8-17,19,28H,5-7,18,20-21H2,1-4H3,(H,34,38)/t28-/m0/s1. The number of aryl methyl sites for hydroxylation is 2. The molecule has 0 saturated heterocycles. The molecule has 1 atom stereocenters. The number of unbranched alkanes of at least 4 members (excludes halogenated alkanes) is 1. The van der Waals surface area contributed by atoms with Crippen LogP contribution in [0.15, 0.2) is 71.6 Å². The van der Waals surface area contributed by atoms with Gasteiger partial charge in [0.15, 0.2) is 0 Å². The fourth-order valence-corrected chi connectivity index (χ4v) is 6.39. The van der Waals surface area contributed by atoms with Crippen molar-refractivity contribution in [3.8, 4) is 0 Å². The summed E-state index contributed by atoms with van der Waals surface area (Å²) in [7, 11) is -4.17. The Morgan fingerprint density at radius 1 is 0.951 bits per heavy atom. The Morgan fingerprint density at radius 2 is 1.63 bits per heavy atom. The lowest BCUT2D eigenvalue weighted by molar-refractivity contribution is -0.140. The van der Waals surface area contributed by atoms with Crippen LogP contribution in [-0.2, 0) is 26.2 Å². The maximum Gasteiger partial charge on any atom is 0.264 e. The van der Waals surface area contributed by atoms with Crippen LogP contribution in [0.1, 0.15) is 49.8 Å². The van der Waals surface area contributed by atoms with Crippen molar-refractivity contribution in [3.63, 3.8) is 0 Å². The number of nitrogens with one attached hydrogen (secondary N) is 1. The van der Waals surface area contributed by atoms with Gasteiger partial charge in [-0.3, -0.25) is 13.9 Å². The highest BCUT2D eigenvalue weighted by Gasteiger charge is 2.34. The van der Waals surface area contributed by atoms with E-state index in [-0.39, 0.29) is 17.3 Å². The molecule has 2 amide bonds. The molecule has 41 heavy (non-hydrogen) atoms. The first kappa shape index (κ1) is 32.4. The number of sulfonamides is 1. The van der Waals surface area contributed by atoms with E-state index in [1.54, 1.807) is 61.5 Å². The molecule has 7 nitrogen and oxygen atoms in total. The Kier molecular flexibility index (Phi) is 11.6. The maximum absolute atomic E-state index is 14.2. The van der Waals surface area contributed by atoms with Crippen LogP contribution < -0.4 is 9.62 Å². The summed E-state index contributed by atoms with van der Waals surface area (Å²) >= 11 is 12.6. The minimum absolute atomic E-state index is 0.0379. The number of hydrogen-bond acceptors (Lipinski definition) is 4. The van der Waals surface area contributed by atoms with Crippen molar-refractivity contribution in [3.05, 3.63) is 93.5 Å². The molecular weight excluding hydrogens is 581 g/mol. The Morgan fingerprint density at radius 3 is 2.24 bits per heavy atom. The van der Waals surface area contributed by atoms with E-state index >= 15 is 0 Å². The first-order valence-corrected chi connectivity index (χ1v) is 15.8. The third-order valence-corrected chi connectivity index (χ3v) is 9.21. The summed E-state index contributed by atoms with van der Waals surface area (Å²) in [5.41, 5.74) is 2.46. The van der Waals surface area contributed by atoms with E-state index in [1.807, 2.05) is 20.8 Å². The second-order valence-electron chi connectivity index (χ2n) is 9.94. The molecule has 0 radical (unpaired) electrons. The third-order valence-electron chi connectivity index (χ3n) is 6.83. The van der Waals surface area contributed by atoms with Crippen molar-refractivity contribution >= 4 is 50.7 Å². The minimum Gasteiger partial charge on any atom is -0.354 e. The van der Waals surface area contributed by atoms with Crippen LogP contribution in [0.4, 0.5) is 5.69 Å². The smallest absolute Gasteiger partial charge is 0.264 e. The van der Waals surface area contributed by atoms with E-state index < -0.39 is 28.5 Å². The molecule has 0 aliphatic heterocycles. The van der Waals surface area contributed by atoms with E-state index in [9.17, 15) is 18.0 Å². The molecule has 3 aromatic rings. The molecule has 220 valence electrons. The number of benzene rings is 3. The van der Waals surface area contributed by atoms with Gasteiger partial charge in [0.2, 0.25) is 11.8 Å². The zero-order valence-electron chi connectivity index (χ0n) is 23.9. The fourth-order valence-electron chi connectivity index (χ4n) is 4.49. The van der Waals surface area contributed by atoms with Gasteiger partial charge in [-0.05, 0) is 74.2 Å². The molecule has 3 aromatic carbocycles. The molecule has 0 bridgehead atoms. The molecule has 0 saturated carbocycles. The molecule has 0 fully saturated rings. The molecule has 10 heteroatoms. The number of rotatable bonds is 13. The van der Waals surface area contributed by atoms with Gasteiger partial charge >= 0.3 is 0 Å². The normalized spacial score (nSPS) is 12.0. The van der Waals surface area contributed by atoms with Gasteiger partial charge in [-0.2, -0.15) is 0 Å². The van der Waals surface area contributed by atoms with Gasteiger partial charge in [0, 0.05) is 23.1 Å². The molecular formula is C31H37Cl2N3O4S. The molecule has 0 unspecified atom stereocenters. The number of carbonyl (C=O) groups is 2. The van der Waals surface area contributed by atoms with E-state index in [2.05, 4.69) is 5.32 Å². The number of anilines is 1. The van der Waals surface area contributed by atoms with Gasteiger partial charge in [-0.1, -0.05) is 79.4 Å². The van der Waals surface area contributed by atoms with Crippen molar-refractivity contribution in [2.75, 3.05) is 17.4 Å². The molecule has 0 heterocycles. The SMILES string of the molecule is CCCCNC(=O)[C@H](CC)N(Cc1ccccc1Cl)C(=O)CN(c1ccc(Cl)cc1C)S(=O)(=O)c1ccc(C)cc1. The molecule has 3 rings (SSSR count). The van der Waals surface area contributed by atoms with Gasteiger partial charge in [0.05, 0.1) is 10.6 Å². The van der Waals surface area contributed by atoms with Gasteiger partial charge in [-0.25, -0.2) is 8.42 Å². The highest BCUT2D eigenvalue weighted by Crippen LogP contribution is 2.30. The van der Waals surface area contributed by atoms with Crippen molar-refractivity contribution in [1.29, 1.82) is 0 Å². The highest BCUT2D eigenvalue weighted by molar-refractivity contribution is 7.92. The summed E-state index contributed by atoms with van der Waals surface area (Å²) in [5.74, 6) is -0.829.